The first-order valence-corrected chi connectivity index (χ1v) is 11.9. The van der Waals surface area contributed by atoms with Crippen LogP contribution in [0.4, 0.5) is 0 Å². The molecule has 0 aliphatic rings. The number of benzene rings is 4. The average Bonchev–Trinajstić information content (AvgIpc) is 2.63. The summed E-state index contributed by atoms with van der Waals surface area (Å²) in [6, 6.07) is 30.8. The SMILES string of the molecule is I[Si]C(c1cccc2ccccc12)c1cccc2ccccc12. The molecule has 0 unspecified atom stereocenters. The predicted octanol–water partition coefficient (Wildman–Crippen LogP) is 6.14. The molecule has 0 bridgehead atoms. The highest BCUT2D eigenvalue weighted by Crippen LogP contribution is 2.34. The molecule has 0 aliphatic heterocycles. The topological polar surface area (TPSA) is 0 Å². The average molecular weight is 422 g/mol. The van der Waals surface area contributed by atoms with Crippen LogP contribution in [0.2, 0.25) is 0 Å². The fraction of sp³-hybridized carbons (Fsp3) is 0.0476. The predicted molar refractivity (Wildman–Crippen MR) is 110 cm³/mol. The molecule has 0 saturated carbocycles. The first-order valence-electron chi connectivity index (χ1n) is 7.70. The lowest BCUT2D eigenvalue weighted by atomic mass is 9.94. The van der Waals surface area contributed by atoms with Crippen LogP contribution in [-0.4, -0.2) is 7.02 Å². The third kappa shape index (κ3) is 2.70. The van der Waals surface area contributed by atoms with Crippen LogP contribution < -0.4 is 0 Å². The van der Waals surface area contributed by atoms with E-state index >= 15 is 0 Å². The lowest BCUT2D eigenvalue weighted by Crippen LogP contribution is -2.06. The molecule has 2 heteroatoms. The van der Waals surface area contributed by atoms with Gasteiger partial charge in [0.2, 0.25) is 0 Å². The number of halogens is 1. The minimum Gasteiger partial charge on any atom is -0.123 e. The lowest BCUT2D eigenvalue weighted by molar-refractivity contribution is 1.18. The van der Waals surface area contributed by atoms with E-state index in [1.165, 1.54) is 32.7 Å². The summed E-state index contributed by atoms with van der Waals surface area (Å²) in [6.45, 7) is 0. The molecule has 0 aromatic heterocycles. The first kappa shape index (κ1) is 14.9. The van der Waals surface area contributed by atoms with Gasteiger partial charge >= 0.3 is 0 Å². The maximum Gasteiger partial charge on any atom is 0.144 e. The number of hydrogen-bond donors (Lipinski definition) is 0. The third-order valence-corrected chi connectivity index (χ3v) is 7.09. The van der Waals surface area contributed by atoms with E-state index in [1.54, 1.807) is 0 Å². The molecule has 0 spiro atoms. The summed E-state index contributed by atoms with van der Waals surface area (Å²) in [5.41, 5.74) is 3.31. The van der Waals surface area contributed by atoms with Crippen LogP contribution in [-0.2, 0) is 0 Å². The molecule has 2 radical (unpaired) electrons. The zero-order chi connectivity index (χ0) is 15.6. The van der Waals surface area contributed by atoms with Gasteiger partial charge in [-0.25, -0.2) is 0 Å². The summed E-state index contributed by atoms with van der Waals surface area (Å²) in [6.07, 6.45) is 0. The number of rotatable bonds is 3. The molecule has 0 atom stereocenters. The van der Waals surface area contributed by atoms with Gasteiger partial charge in [-0.1, -0.05) is 84.9 Å². The van der Waals surface area contributed by atoms with Crippen molar-refractivity contribution >= 4 is 50.4 Å². The summed E-state index contributed by atoms with van der Waals surface area (Å²) in [5, 5.41) is 5.39. The Labute approximate surface area is 151 Å². The Morgan fingerprint density at radius 1 is 0.565 bits per heavy atom. The number of fused-ring (bicyclic) bond motifs is 2. The molecule has 0 nitrogen and oxygen atoms in total. The highest BCUT2D eigenvalue weighted by molar-refractivity contribution is 14.1. The Morgan fingerprint density at radius 2 is 1.00 bits per heavy atom. The molecule has 23 heavy (non-hydrogen) atoms. The third-order valence-electron chi connectivity index (χ3n) is 4.38. The van der Waals surface area contributed by atoms with E-state index < -0.39 is 0 Å². The standard InChI is InChI=1S/C21H15ISi/c22-23-21(19-13-5-9-15-7-1-3-11-17(15)19)20-14-6-10-16-8-2-4-12-18(16)20/h1-14,21H. The molecule has 0 fully saturated rings. The van der Waals surface area contributed by atoms with Crippen LogP contribution in [0, 0.1) is 0 Å². The fourth-order valence-corrected chi connectivity index (χ4v) is 6.04. The van der Waals surface area contributed by atoms with E-state index in [4.69, 9.17) is 0 Å². The van der Waals surface area contributed by atoms with E-state index in [-0.39, 0.29) is 0 Å². The number of hydrogen-bond acceptors (Lipinski definition) is 0. The molecule has 0 amide bonds. The summed E-state index contributed by atoms with van der Waals surface area (Å²) in [4.78, 5) is 0. The molecule has 4 rings (SSSR count). The van der Waals surface area contributed by atoms with Gasteiger partial charge < -0.3 is 0 Å². The van der Waals surface area contributed by atoms with Crippen molar-refractivity contribution in [3.8, 4) is 0 Å². The smallest absolute Gasteiger partial charge is 0.123 e. The highest BCUT2D eigenvalue weighted by Gasteiger charge is 2.18. The van der Waals surface area contributed by atoms with Gasteiger partial charge in [-0.2, -0.15) is 0 Å². The Morgan fingerprint density at radius 3 is 1.48 bits per heavy atom. The van der Waals surface area contributed by atoms with Crippen molar-refractivity contribution in [3.63, 3.8) is 0 Å². The van der Waals surface area contributed by atoms with Crippen LogP contribution in [0.1, 0.15) is 16.7 Å². The lowest BCUT2D eigenvalue weighted by Gasteiger charge is -2.19. The van der Waals surface area contributed by atoms with Crippen LogP contribution >= 0.6 is 21.8 Å². The second-order valence-electron chi connectivity index (χ2n) is 5.68. The van der Waals surface area contributed by atoms with Crippen LogP contribution in [0.3, 0.4) is 0 Å². The first-order chi connectivity index (χ1) is 11.4. The van der Waals surface area contributed by atoms with E-state index in [9.17, 15) is 0 Å². The van der Waals surface area contributed by atoms with Gasteiger partial charge in [-0.05, 0) is 32.7 Å². The largest absolute Gasteiger partial charge is 0.144 e. The molecule has 4 aromatic carbocycles. The normalized spacial score (nSPS) is 11.4. The van der Waals surface area contributed by atoms with Crippen LogP contribution in [0.15, 0.2) is 84.9 Å². The Balaban J connectivity index is 1.97. The van der Waals surface area contributed by atoms with Gasteiger partial charge in [0.25, 0.3) is 0 Å². The van der Waals surface area contributed by atoms with Gasteiger partial charge in [0.1, 0.15) is 7.02 Å². The maximum atomic E-state index is 2.55. The Kier molecular flexibility index (Phi) is 4.18. The van der Waals surface area contributed by atoms with Crippen molar-refractivity contribution < 1.29 is 0 Å². The molecular formula is C21H15ISi. The minimum absolute atomic E-state index is 0.438. The van der Waals surface area contributed by atoms with Gasteiger partial charge in [-0.15, -0.1) is 21.8 Å². The van der Waals surface area contributed by atoms with Gasteiger partial charge in [-0.3, -0.25) is 0 Å². The second kappa shape index (κ2) is 6.46. The fourth-order valence-electron chi connectivity index (χ4n) is 3.29. The van der Waals surface area contributed by atoms with Crippen molar-refractivity contribution in [1.29, 1.82) is 0 Å². The van der Waals surface area contributed by atoms with E-state index in [2.05, 4.69) is 107 Å². The molecule has 110 valence electrons. The summed E-state index contributed by atoms with van der Waals surface area (Å²) in [7, 11) is 0.800. The quantitative estimate of drug-likeness (QED) is 0.212. The summed E-state index contributed by atoms with van der Waals surface area (Å²) in [5.74, 6) is 0. The van der Waals surface area contributed by atoms with E-state index in [1.807, 2.05) is 0 Å². The molecule has 0 saturated heterocycles. The van der Waals surface area contributed by atoms with Crippen LogP contribution in [0.25, 0.3) is 21.5 Å². The van der Waals surface area contributed by atoms with Gasteiger partial charge in [0.05, 0.1) is 0 Å². The zero-order valence-electron chi connectivity index (χ0n) is 12.5. The minimum atomic E-state index is 0.438. The highest BCUT2D eigenvalue weighted by atomic mass is 127. The van der Waals surface area contributed by atoms with Crippen molar-refractivity contribution in [3.05, 3.63) is 96.1 Å². The molecule has 0 heterocycles. The zero-order valence-corrected chi connectivity index (χ0v) is 15.7. The molecule has 0 N–H and O–H groups in total. The van der Waals surface area contributed by atoms with Crippen LogP contribution in [0.5, 0.6) is 0 Å². The molecule has 4 aromatic rings. The van der Waals surface area contributed by atoms with Crippen molar-refractivity contribution in [2.45, 2.75) is 5.54 Å². The summed E-state index contributed by atoms with van der Waals surface area (Å²) >= 11 is 2.55. The monoisotopic (exact) mass is 422 g/mol. The maximum absolute atomic E-state index is 2.55. The molecular weight excluding hydrogens is 407 g/mol. The van der Waals surface area contributed by atoms with Gasteiger partial charge in [0.15, 0.2) is 0 Å². The van der Waals surface area contributed by atoms with Crippen molar-refractivity contribution in [2.24, 2.45) is 0 Å². The van der Waals surface area contributed by atoms with Crippen molar-refractivity contribution in [1.82, 2.24) is 0 Å². The summed E-state index contributed by atoms with van der Waals surface area (Å²) < 4.78 is 0. The van der Waals surface area contributed by atoms with E-state index in [0.29, 0.717) is 5.54 Å². The van der Waals surface area contributed by atoms with Crippen molar-refractivity contribution in [2.75, 3.05) is 0 Å². The van der Waals surface area contributed by atoms with Gasteiger partial charge in [0, 0.05) is 5.54 Å². The Hall–Kier alpha value is -1.65. The Bertz CT molecular complexity index is 887. The van der Waals surface area contributed by atoms with E-state index in [0.717, 1.165) is 7.02 Å². The second-order valence-corrected chi connectivity index (χ2v) is 8.34. The molecule has 0 aliphatic carbocycles.